The lowest BCUT2D eigenvalue weighted by molar-refractivity contribution is -0.137. The van der Waals surface area contributed by atoms with E-state index in [1.807, 2.05) is 38.1 Å². The summed E-state index contributed by atoms with van der Waals surface area (Å²) in [6.45, 7) is 10.5. The van der Waals surface area contributed by atoms with Gasteiger partial charge in [-0.1, -0.05) is 62.4 Å². The Bertz CT molecular complexity index is 1080. The molecule has 0 bridgehead atoms. The fraction of sp³-hybridized carbons (Fsp3) is 0.500. The minimum atomic E-state index is -0.913. The highest BCUT2D eigenvalue weighted by molar-refractivity contribution is 5.79. The second-order valence-electron chi connectivity index (χ2n) is 11.1. The Morgan fingerprint density at radius 1 is 1.00 bits per heavy atom. The van der Waals surface area contributed by atoms with Crippen molar-refractivity contribution in [2.45, 2.75) is 59.0 Å². The van der Waals surface area contributed by atoms with E-state index >= 15 is 0 Å². The first kappa shape index (κ1) is 29.0. The first-order valence-electron chi connectivity index (χ1n) is 13.2. The lowest BCUT2D eigenvalue weighted by atomic mass is 9.95. The predicted octanol–water partition coefficient (Wildman–Crippen LogP) is 5.90. The molecule has 3 rings (SSSR count). The number of rotatable bonds is 11. The third kappa shape index (κ3) is 7.97. The summed E-state index contributed by atoms with van der Waals surface area (Å²) in [5.41, 5.74) is 3.94. The number of carboxylic acids is 1. The van der Waals surface area contributed by atoms with Crippen molar-refractivity contribution in [1.29, 1.82) is 0 Å². The SMILES string of the molecule is CC(C)C(CNC(=O)OC(C)(C)C)CN(CCCC(=O)O)C(=O)OCC1c2ccccc2-c2ccccc21. The number of aliphatic carboxylic acids is 1. The number of nitrogens with one attached hydrogen (secondary N) is 1. The number of hydrogen-bond donors (Lipinski definition) is 2. The minimum absolute atomic E-state index is 0.0460. The van der Waals surface area contributed by atoms with E-state index in [-0.39, 0.29) is 37.3 Å². The van der Waals surface area contributed by atoms with Crippen LogP contribution >= 0.6 is 0 Å². The number of carbonyl (C=O) groups excluding carboxylic acids is 2. The summed E-state index contributed by atoms with van der Waals surface area (Å²) in [7, 11) is 0. The molecule has 2 aromatic rings. The molecule has 206 valence electrons. The molecule has 0 radical (unpaired) electrons. The number of carbonyl (C=O) groups is 3. The summed E-state index contributed by atoms with van der Waals surface area (Å²) in [5.74, 6) is -0.910. The van der Waals surface area contributed by atoms with Gasteiger partial charge >= 0.3 is 18.2 Å². The molecular formula is C30H40N2O6. The van der Waals surface area contributed by atoms with Crippen molar-refractivity contribution in [3.8, 4) is 11.1 Å². The maximum Gasteiger partial charge on any atom is 0.409 e. The van der Waals surface area contributed by atoms with E-state index < -0.39 is 23.8 Å². The van der Waals surface area contributed by atoms with Gasteiger partial charge in [0.25, 0.3) is 0 Å². The summed E-state index contributed by atoms with van der Waals surface area (Å²) < 4.78 is 11.2. The van der Waals surface area contributed by atoms with Gasteiger partial charge in [-0.15, -0.1) is 0 Å². The number of fused-ring (bicyclic) bond motifs is 3. The Morgan fingerprint density at radius 3 is 2.11 bits per heavy atom. The molecule has 1 atom stereocenters. The largest absolute Gasteiger partial charge is 0.481 e. The van der Waals surface area contributed by atoms with Crippen LogP contribution in [0.5, 0.6) is 0 Å². The molecule has 8 nitrogen and oxygen atoms in total. The molecule has 0 saturated heterocycles. The van der Waals surface area contributed by atoms with Crippen LogP contribution in [0.4, 0.5) is 9.59 Å². The van der Waals surface area contributed by atoms with Gasteiger partial charge in [-0.25, -0.2) is 9.59 Å². The van der Waals surface area contributed by atoms with Crippen LogP contribution in [-0.4, -0.2) is 60.0 Å². The van der Waals surface area contributed by atoms with Crippen molar-refractivity contribution in [2.75, 3.05) is 26.2 Å². The zero-order chi connectivity index (χ0) is 27.9. The van der Waals surface area contributed by atoms with E-state index in [4.69, 9.17) is 14.6 Å². The summed E-state index contributed by atoms with van der Waals surface area (Å²) >= 11 is 0. The van der Waals surface area contributed by atoms with Gasteiger partial charge in [0.05, 0.1) is 0 Å². The quantitative estimate of drug-likeness (QED) is 0.379. The normalized spacial score (nSPS) is 13.4. The van der Waals surface area contributed by atoms with Crippen LogP contribution in [0.25, 0.3) is 11.1 Å². The molecule has 0 heterocycles. The van der Waals surface area contributed by atoms with E-state index in [1.54, 1.807) is 25.7 Å². The Kier molecular flexibility index (Phi) is 9.78. The second kappa shape index (κ2) is 12.8. The fourth-order valence-electron chi connectivity index (χ4n) is 4.69. The molecule has 0 spiro atoms. The van der Waals surface area contributed by atoms with Gasteiger partial charge in [0, 0.05) is 32.0 Å². The van der Waals surface area contributed by atoms with E-state index in [1.165, 1.54) is 0 Å². The topological polar surface area (TPSA) is 105 Å². The molecule has 1 unspecified atom stereocenters. The fourth-order valence-corrected chi connectivity index (χ4v) is 4.69. The van der Waals surface area contributed by atoms with Crippen molar-refractivity contribution < 1.29 is 29.0 Å². The predicted molar refractivity (Wildman–Crippen MR) is 146 cm³/mol. The number of ether oxygens (including phenoxy) is 2. The first-order valence-corrected chi connectivity index (χ1v) is 13.2. The van der Waals surface area contributed by atoms with Gasteiger partial charge in [-0.3, -0.25) is 4.79 Å². The minimum Gasteiger partial charge on any atom is -0.481 e. The van der Waals surface area contributed by atoms with Crippen molar-refractivity contribution in [3.63, 3.8) is 0 Å². The van der Waals surface area contributed by atoms with Gasteiger partial charge in [-0.05, 0) is 61.3 Å². The Balaban J connectivity index is 1.69. The molecule has 2 N–H and O–H groups in total. The highest BCUT2D eigenvalue weighted by Gasteiger charge is 2.30. The van der Waals surface area contributed by atoms with Crippen molar-refractivity contribution in [2.24, 2.45) is 11.8 Å². The van der Waals surface area contributed by atoms with Crippen molar-refractivity contribution in [3.05, 3.63) is 59.7 Å². The summed E-state index contributed by atoms with van der Waals surface area (Å²) in [4.78, 5) is 38.2. The Morgan fingerprint density at radius 2 is 1.58 bits per heavy atom. The van der Waals surface area contributed by atoms with Gasteiger partial charge in [-0.2, -0.15) is 0 Å². The highest BCUT2D eigenvalue weighted by atomic mass is 16.6. The number of hydrogen-bond acceptors (Lipinski definition) is 5. The molecule has 0 aromatic heterocycles. The number of alkyl carbamates (subject to hydrolysis) is 1. The van der Waals surface area contributed by atoms with E-state index in [2.05, 4.69) is 29.6 Å². The zero-order valence-corrected chi connectivity index (χ0v) is 23.0. The summed E-state index contributed by atoms with van der Waals surface area (Å²) in [6, 6.07) is 16.3. The summed E-state index contributed by atoms with van der Waals surface area (Å²) in [5, 5.41) is 11.9. The molecule has 0 fully saturated rings. The van der Waals surface area contributed by atoms with Crippen LogP contribution in [0.15, 0.2) is 48.5 Å². The average molecular weight is 525 g/mol. The third-order valence-electron chi connectivity index (χ3n) is 6.72. The van der Waals surface area contributed by atoms with Gasteiger partial charge in [0.1, 0.15) is 12.2 Å². The van der Waals surface area contributed by atoms with Crippen LogP contribution < -0.4 is 5.32 Å². The molecule has 2 aromatic carbocycles. The molecular weight excluding hydrogens is 484 g/mol. The molecule has 1 aliphatic carbocycles. The van der Waals surface area contributed by atoms with E-state index in [0.717, 1.165) is 22.3 Å². The van der Waals surface area contributed by atoms with Crippen LogP contribution in [0.3, 0.4) is 0 Å². The smallest absolute Gasteiger partial charge is 0.409 e. The maximum absolute atomic E-state index is 13.3. The van der Waals surface area contributed by atoms with Crippen LogP contribution in [0, 0.1) is 11.8 Å². The standard InChI is InChI=1S/C30H40N2O6/c1-20(2)21(17-31-28(35)38-30(3,4)5)18-32(16-10-15-27(33)34)29(36)37-19-26-24-13-8-6-11-22(24)23-12-7-9-14-25(23)26/h6-9,11-14,20-21,26H,10,15-19H2,1-5H3,(H,31,35)(H,33,34). The monoisotopic (exact) mass is 524 g/mol. The second-order valence-corrected chi connectivity index (χ2v) is 11.1. The molecule has 2 amide bonds. The molecule has 1 aliphatic rings. The number of benzene rings is 2. The van der Waals surface area contributed by atoms with Crippen LogP contribution in [-0.2, 0) is 14.3 Å². The number of amides is 2. The number of carboxylic acid groups (broad SMARTS) is 1. The maximum atomic E-state index is 13.3. The van der Waals surface area contributed by atoms with Crippen molar-refractivity contribution in [1.82, 2.24) is 10.2 Å². The van der Waals surface area contributed by atoms with Crippen LogP contribution in [0.1, 0.15) is 64.5 Å². The highest BCUT2D eigenvalue weighted by Crippen LogP contribution is 2.44. The van der Waals surface area contributed by atoms with Crippen molar-refractivity contribution >= 4 is 18.2 Å². The zero-order valence-electron chi connectivity index (χ0n) is 23.0. The van der Waals surface area contributed by atoms with E-state index in [9.17, 15) is 14.4 Å². The average Bonchev–Trinajstić information content (AvgIpc) is 3.16. The lowest BCUT2D eigenvalue weighted by Gasteiger charge is -2.30. The Labute approximate surface area is 225 Å². The molecule has 0 saturated carbocycles. The molecule has 0 aliphatic heterocycles. The summed E-state index contributed by atoms with van der Waals surface area (Å²) in [6.07, 6.45) is -0.735. The van der Waals surface area contributed by atoms with Gasteiger partial charge in [0.15, 0.2) is 0 Å². The van der Waals surface area contributed by atoms with Gasteiger partial charge < -0.3 is 24.8 Å². The van der Waals surface area contributed by atoms with E-state index in [0.29, 0.717) is 19.5 Å². The van der Waals surface area contributed by atoms with Crippen LogP contribution in [0.2, 0.25) is 0 Å². The number of nitrogens with zero attached hydrogens (tertiary/aromatic N) is 1. The first-order chi connectivity index (χ1) is 18.0. The third-order valence-corrected chi connectivity index (χ3v) is 6.72. The lowest BCUT2D eigenvalue weighted by Crippen LogP contribution is -2.43. The molecule has 38 heavy (non-hydrogen) atoms. The van der Waals surface area contributed by atoms with Gasteiger partial charge in [0.2, 0.25) is 0 Å². The Hall–Kier alpha value is -3.55. The molecule has 8 heteroatoms.